The van der Waals surface area contributed by atoms with Gasteiger partial charge in [0.05, 0.1) is 17.5 Å². The van der Waals surface area contributed by atoms with Crippen LogP contribution in [0.5, 0.6) is 5.75 Å². The lowest BCUT2D eigenvalue weighted by atomic mass is 10.1. The molecule has 1 atom stereocenters. The summed E-state index contributed by atoms with van der Waals surface area (Å²) in [6, 6.07) is 12.5. The Kier molecular flexibility index (Phi) is 4.76. The predicted molar refractivity (Wildman–Crippen MR) is 96.0 cm³/mol. The third-order valence-corrected chi connectivity index (χ3v) is 4.77. The molecule has 0 radical (unpaired) electrons. The van der Waals surface area contributed by atoms with Gasteiger partial charge in [-0.2, -0.15) is 0 Å². The van der Waals surface area contributed by atoms with E-state index in [1.54, 1.807) is 24.3 Å². The van der Waals surface area contributed by atoms with Gasteiger partial charge in [0, 0.05) is 16.1 Å². The molecule has 1 aliphatic rings. The summed E-state index contributed by atoms with van der Waals surface area (Å²) in [5.74, 6) is 0.495. The third-order valence-electron chi connectivity index (χ3n) is 3.60. The second-order valence-electron chi connectivity index (χ2n) is 5.37. The molecular formula is C18H18N2O3S. The van der Waals surface area contributed by atoms with E-state index < -0.39 is 0 Å². The summed E-state index contributed by atoms with van der Waals surface area (Å²) in [7, 11) is 0. The molecule has 124 valence electrons. The Hall–Kier alpha value is -2.47. The van der Waals surface area contributed by atoms with Crippen LogP contribution in [-0.4, -0.2) is 23.7 Å². The maximum Gasteiger partial charge on any atom is 0.255 e. The van der Waals surface area contributed by atoms with E-state index in [4.69, 9.17) is 4.74 Å². The van der Waals surface area contributed by atoms with Gasteiger partial charge in [-0.05, 0) is 56.3 Å². The summed E-state index contributed by atoms with van der Waals surface area (Å²) in [5.41, 5.74) is 1.87. The second-order valence-corrected chi connectivity index (χ2v) is 6.75. The van der Waals surface area contributed by atoms with Crippen LogP contribution in [0.1, 0.15) is 24.2 Å². The normalized spacial score (nSPS) is 16.1. The molecule has 6 heteroatoms. The van der Waals surface area contributed by atoms with E-state index in [0.29, 0.717) is 23.5 Å². The van der Waals surface area contributed by atoms with Gasteiger partial charge in [-0.3, -0.25) is 9.59 Å². The lowest BCUT2D eigenvalue weighted by Gasteiger charge is -2.21. The maximum atomic E-state index is 12.4. The predicted octanol–water partition coefficient (Wildman–Crippen LogP) is 3.77. The molecule has 3 rings (SSSR count). The standard InChI is InChI=1S/C18H18N2O3S/c1-3-23-14-7-5-13(6-8-14)19-18(22)12-4-9-16-15(10-12)20-17(21)11(2)24-16/h4-11H,3H2,1-2H3,(H,19,22)(H,20,21)/t11-/m1/s1. The Morgan fingerprint density at radius 2 is 2.00 bits per heavy atom. The molecule has 0 spiro atoms. The molecule has 0 fully saturated rings. The zero-order valence-electron chi connectivity index (χ0n) is 13.5. The fourth-order valence-electron chi connectivity index (χ4n) is 2.35. The van der Waals surface area contributed by atoms with Gasteiger partial charge in [0.25, 0.3) is 5.91 Å². The summed E-state index contributed by atoms with van der Waals surface area (Å²) >= 11 is 1.49. The average molecular weight is 342 g/mol. The molecule has 1 heterocycles. The van der Waals surface area contributed by atoms with Crippen LogP contribution >= 0.6 is 11.8 Å². The first-order valence-corrected chi connectivity index (χ1v) is 8.60. The molecule has 24 heavy (non-hydrogen) atoms. The van der Waals surface area contributed by atoms with Crippen molar-refractivity contribution in [2.75, 3.05) is 17.2 Å². The van der Waals surface area contributed by atoms with Gasteiger partial charge in [-0.25, -0.2) is 0 Å². The van der Waals surface area contributed by atoms with E-state index in [2.05, 4.69) is 10.6 Å². The van der Waals surface area contributed by atoms with Crippen LogP contribution in [-0.2, 0) is 4.79 Å². The molecule has 0 aliphatic carbocycles. The highest BCUT2D eigenvalue weighted by Crippen LogP contribution is 2.36. The molecule has 0 saturated carbocycles. The SMILES string of the molecule is CCOc1ccc(NC(=O)c2ccc3c(c2)NC(=O)[C@@H](C)S3)cc1. The lowest BCUT2D eigenvalue weighted by molar-refractivity contribution is -0.115. The van der Waals surface area contributed by atoms with E-state index in [9.17, 15) is 9.59 Å². The van der Waals surface area contributed by atoms with Crippen molar-refractivity contribution in [2.45, 2.75) is 24.0 Å². The number of anilines is 2. The maximum absolute atomic E-state index is 12.4. The van der Waals surface area contributed by atoms with E-state index in [0.717, 1.165) is 10.6 Å². The van der Waals surface area contributed by atoms with Crippen molar-refractivity contribution in [3.8, 4) is 5.75 Å². The number of nitrogens with one attached hydrogen (secondary N) is 2. The van der Waals surface area contributed by atoms with Crippen LogP contribution in [0, 0.1) is 0 Å². The van der Waals surface area contributed by atoms with E-state index in [-0.39, 0.29) is 17.1 Å². The molecule has 2 aromatic rings. The lowest BCUT2D eigenvalue weighted by Crippen LogP contribution is -2.26. The van der Waals surface area contributed by atoms with Gasteiger partial charge in [-0.1, -0.05) is 0 Å². The molecule has 0 saturated heterocycles. The second kappa shape index (κ2) is 6.97. The minimum absolute atomic E-state index is 0.0448. The minimum atomic E-state index is -0.222. The number of carbonyl (C=O) groups excluding carboxylic acids is 2. The van der Waals surface area contributed by atoms with Gasteiger partial charge in [0.2, 0.25) is 5.91 Å². The minimum Gasteiger partial charge on any atom is -0.494 e. The molecule has 2 N–H and O–H groups in total. The highest BCUT2D eigenvalue weighted by Gasteiger charge is 2.23. The highest BCUT2D eigenvalue weighted by atomic mass is 32.2. The van der Waals surface area contributed by atoms with Crippen LogP contribution in [0.3, 0.4) is 0 Å². The van der Waals surface area contributed by atoms with E-state index >= 15 is 0 Å². The number of benzene rings is 2. The number of thioether (sulfide) groups is 1. The Morgan fingerprint density at radius 1 is 1.25 bits per heavy atom. The molecule has 2 aromatic carbocycles. The van der Waals surface area contributed by atoms with Gasteiger partial charge >= 0.3 is 0 Å². The smallest absolute Gasteiger partial charge is 0.255 e. The first-order valence-electron chi connectivity index (χ1n) is 7.72. The molecule has 5 nitrogen and oxygen atoms in total. The van der Waals surface area contributed by atoms with Crippen molar-refractivity contribution in [3.05, 3.63) is 48.0 Å². The molecular weight excluding hydrogens is 324 g/mol. The van der Waals surface area contributed by atoms with E-state index in [1.807, 2.05) is 32.0 Å². The van der Waals surface area contributed by atoms with Crippen LogP contribution in [0.2, 0.25) is 0 Å². The fraction of sp³-hybridized carbons (Fsp3) is 0.222. The summed E-state index contributed by atoms with van der Waals surface area (Å²) in [6.45, 7) is 4.38. The highest BCUT2D eigenvalue weighted by molar-refractivity contribution is 8.00. The van der Waals surface area contributed by atoms with E-state index in [1.165, 1.54) is 11.8 Å². The summed E-state index contributed by atoms with van der Waals surface area (Å²) in [6.07, 6.45) is 0. The van der Waals surface area contributed by atoms with Crippen LogP contribution in [0.25, 0.3) is 0 Å². The molecule has 0 aromatic heterocycles. The monoisotopic (exact) mass is 342 g/mol. The summed E-state index contributed by atoms with van der Waals surface area (Å²) in [5, 5.41) is 5.55. The Balaban J connectivity index is 1.73. The van der Waals surface area contributed by atoms with Crippen LogP contribution in [0.15, 0.2) is 47.4 Å². The molecule has 2 amide bonds. The van der Waals surface area contributed by atoms with Crippen molar-refractivity contribution < 1.29 is 14.3 Å². The Labute approximate surface area is 144 Å². The summed E-state index contributed by atoms with van der Waals surface area (Å²) in [4.78, 5) is 25.1. The fourth-order valence-corrected chi connectivity index (χ4v) is 3.28. The number of carbonyl (C=O) groups is 2. The third kappa shape index (κ3) is 3.54. The number of ether oxygens (including phenoxy) is 1. The first kappa shape index (κ1) is 16.4. The zero-order valence-corrected chi connectivity index (χ0v) is 14.3. The molecule has 0 unspecified atom stereocenters. The number of hydrogen-bond acceptors (Lipinski definition) is 4. The Bertz CT molecular complexity index is 774. The first-order chi connectivity index (χ1) is 11.6. The van der Waals surface area contributed by atoms with Crippen molar-refractivity contribution in [1.29, 1.82) is 0 Å². The van der Waals surface area contributed by atoms with Crippen molar-refractivity contribution in [2.24, 2.45) is 0 Å². The number of amides is 2. The molecule has 1 aliphatic heterocycles. The summed E-state index contributed by atoms with van der Waals surface area (Å²) < 4.78 is 5.38. The van der Waals surface area contributed by atoms with Gasteiger partial charge in [-0.15, -0.1) is 11.8 Å². The van der Waals surface area contributed by atoms with Gasteiger partial charge in [0.1, 0.15) is 5.75 Å². The Morgan fingerprint density at radius 3 is 2.71 bits per heavy atom. The van der Waals surface area contributed by atoms with Crippen LogP contribution < -0.4 is 15.4 Å². The topological polar surface area (TPSA) is 67.4 Å². The average Bonchev–Trinajstić information content (AvgIpc) is 2.57. The van der Waals surface area contributed by atoms with Crippen molar-refractivity contribution in [3.63, 3.8) is 0 Å². The van der Waals surface area contributed by atoms with Crippen molar-refractivity contribution >= 4 is 35.0 Å². The molecule has 0 bridgehead atoms. The number of hydrogen-bond donors (Lipinski definition) is 2. The largest absolute Gasteiger partial charge is 0.494 e. The van der Waals surface area contributed by atoms with Gasteiger partial charge in [0.15, 0.2) is 0 Å². The number of fused-ring (bicyclic) bond motifs is 1. The number of rotatable bonds is 4. The van der Waals surface area contributed by atoms with Crippen LogP contribution in [0.4, 0.5) is 11.4 Å². The zero-order chi connectivity index (χ0) is 17.1. The quantitative estimate of drug-likeness (QED) is 0.887. The van der Waals surface area contributed by atoms with Gasteiger partial charge < -0.3 is 15.4 Å². The van der Waals surface area contributed by atoms with Crippen molar-refractivity contribution in [1.82, 2.24) is 0 Å².